The summed E-state index contributed by atoms with van der Waals surface area (Å²) in [6.07, 6.45) is 31.5. The summed E-state index contributed by atoms with van der Waals surface area (Å²) in [4.78, 5) is 11.1. The second kappa shape index (κ2) is 14.4. The lowest BCUT2D eigenvalue weighted by atomic mass is 9.63. The van der Waals surface area contributed by atoms with Crippen LogP contribution >= 0.6 is 0 Å². The van der Waals surface area contributed by atoms with E-state index in [1.54, 1.807) is 27.8 Å². The van der Waals surface area contributed by atoms with Crippen molar-refractivity contribution in [3.63, 3.8) is 0 Å². The van der Waals surface area contributed by atoms with Crippen molar-refractivity contribution in [1.82, 2.24) is 9.97 Å². The molecule has 2 atom stereocenters. The summed E-state index contributed by atoms with van der Waals surface area (Å²) in [5.74, 6) is 0.792. The minimum atomic E-state index is 0.128. The topological polar surface area (TPSA) is 25.8 Å². The van der Waals surface area contributed by atoms with E-state index >= 15 is 0 Å². The average molecular weight is 777 g/mol. The maximum Gasteiger partial charge on any atom is 0.0973 e. The Morgan fingerprint density at radius 3 is 1.78 bits per heavy atom. The Morgan fingerprint density at radius 1 is 0.450 bits per heavy atom. The lowest BCUT2D eigenvalue weighted by Crippen LogP contribution is -2.34. The first-order valence-electron chi connectivity index (χ1n) is 22.9. The van der Waals surface area contributed by atoms with Gasteiger partial charge in [-0.3, -0.25) is 0 Å². The molecule has 1 aromatic heterocycles. The van der Waals surface area contributed by atoms with Gasteiger partial charge in [0.2, 0.25) is 0 Å². The van der Waals surface area contributed by atoms with E-state index in [1.165, 1.54) is 92.9 Å². The van der Waals surface area contributed by atoms with Crippen molar-refractivity contribution in [2.24, 2.45) is 5.92 Å². The number of rotatable bonds is 5. The third-order valence-corrected chi connectivity index (χ3v) is 15.5. The molecular formula is C58H52N2. The van der Waals surface area contributed by atoms with Crippen LogP contribution in [0, 0.1) is 5.92 Å². The summed E-state index contributed by atoms with van der Waals surface area (Å²) in [6, 6.07) is 43.3. The SMILES string of the molecule is C1=CCC(c2nc(-c3ccccc3)c(-c3ccccc3)nc2-c2ccc(-c3ccc4c(c3)-c3cc5c(cc3C43CCCCC3)C3=CC=CCC3C53CCCCC3)cc2)C=C1. The van der Waals surface area contributed by atoms with E-state index in [0.717, 1.165) is 45.9 Å². The van der Waals surface area contributed by atoms with Gasteiger partial charge in [0.25, 0.3) is 0 Å². The Bertz CT molecular complexity index is 2750. The molecule has 12 rings (SSSR count). The van der Waals surface area contributed by atoms with Crippen LogP contribution < -0.4 is 0 Å². The Morgan fingerprint density at radius 2 is 1.07 bits per heavy atom. The standard InChI is InChI=1S/C58H52N2/c1-6-18-40(19-7-1)53-54(41-20-8-2-9-21-41)60-56(55(59-53)42-22-10-3-11-23-42)43-28-26-39(27-29-43)44-30-31-50-46(36-44)48-38-51-47(37-52(48)58(50)34-16-5-17-35-58)45-24-12-13-25-49(45)57(51)32-14-4-15-33-57/h1-3,6-13,18-22,24,26-31,36-38,42,49H,4-5,14-17,23,25,32-35H2. The van der Waals surface area contributed by atoms with Crippen LogP contribution in [0.4, 0.5) is 0 Å². The molecule has 2 fully saturated rings. The first kappa shape index (κ1) is 36.0. The largest absolute Gasteiger partial charge is 0.248 e. The molecular weight excluding hydrogens is 725 g/mol. The quantitative estimate of drug-likeness (QED) is 0.174. The highest BCUT2D eigenvalue weighted by Crippen LogP contribution is 2.63. The molecule has 0 amide bonds. The summed E-state index contributed by atoms with van der Waals surface area (Å²) < 4.78 is 0. The van der Waals surface area contributed by atoms with Gasteiger partial charge in [0.15, 0.2) is 0 Å². The highest BCUT2D eigenvalue weighted by molar-refractivity contribution is 5.90. The van der Waals surface area contributed by atoms with Crippen LogP contribution in [-0.2, 0) is 10.8 Å². The molecule has 1 heterocycles. The first-order valence-corrected chi connectivity index (χ1v) is 22.9. The molecule has 2 nitrogen and oxygen atoms in total. The van der Waals surface area contributed by atoms with E-state index in [-0.39, 0.29) is 11.3 Å². The first-order chi connectivity index (χ1) is 29.7. The molecule has 2 unspecified atom stereocenters. The van der Waals surface area contributed by atoms with Crippen LogP contribution in [0.25, 0.3) is 61.6 Å². The molecule has 6 aromatic rings. The summed E-state index contributed by atoms with van der Waals surface area (Å²) >= 11 is 0. The monoisotopic (exact) mass is 776 g/mol. The van der Waals surface area contributed by atoms with E-state index in [2.05, 4.69) is 158 Å². The molecule has 2 spiro atoms. The fourth-order valence-electron chi connectivity index (χ4n) is 12.6. The lowest BCUT2D eigenvalue weighted by molar-refractivity contribution is 0.241. The molecule has 6 aliphatic rings. The van der Waals surface area contributed by atoms with Crippen LogP contribution in [-0.4, -0.2) is 9.97 Å². The van der Waals surface area contributed by atoms with Gasteiger partial charge in [-0.1, -0.05) is 178 Å². The van der Waals surface area contributed by atoms with Gasteiger partial charge in [-0.15, -0.1) is 0 Å². The lowest BCUT2D eigenvalue weighted by Gasteiger charge is -2.40. The maximum atomic E-state index is 5.55. The van der Waals surface area contributed by atoms with Crippen molar-refractivity contribution >= 4 is 5.57 Å². The number of aromatic nitrogens is 2. The predicted octanol–water partition coefficient (Wildman–Crippen LogP) is 15.1. The van der Waals surface area contributed by atoms with Gasteiger partial charge >= 0.3 is 0 Å². The number of benzene rings is 5. The van der Waals surface area contributed by atoms with Crippen LogP contribution in [0.2, 0.25) is 0 Å². The van der Waals surface area contributed by atoms with Crippen molar-refractivity contribution in [2.45, 2.75) is 93.8 Å². The molecule has 60 heavy (non-hydrogen) atoms. The molecule has 0 saturated heterocycles. The highest BCUT2D eigenvalue weighted by atomic mass is 14.9. The fourth-order valence-corrected chi connectivity index (χ4v) is 12.6. The Kier molecular flexibility index (Phi) is 8.65. The number of nitrogens with zero attached hydrogens (tertiary/aromatic N) is 2. The van der Waals surface area contributed by atoms with E-state index in [1.807, 2.05) is 0 Å². The highest BCUT2D eigenvalue weighted by Gasteiger charge is 2.52. The zero-order valence-electron chi connectivity index (χ0n) is 34.5. The van der Waals surface area contributed by atoms with Gasteiger partial charge in [-0.05, 0) is 113 Å². The van der Waals surface area contributed by atoms with Crippen molar-refractivity contribution in [2.75, 3.05) is 0 Å². The van der Waals surface area contributed by atoms with Crippen LogP contribution in [0.1, 0.15) is 111 Å². The fraction of sp³-hybridized carbons (Fsp3) is 0.276. The summed E-state index contributed by atoms with van der Waals surface area (Å²) in [7, 11) is 0. The van der Waals surface area contributed by atoms with Crippen molar-refractivity contribution in [3.8, 4) is 56.0 Å². The molecule has 0 bridgehead atoms. The number of hydrogen-bond donors (Lipinski definition) is 0. The number of allylic oxidation sites excluding steroid dienone is 8. The van der Waals surface area contributed by atoms with E-state index in [0.29, 0.717) is 11.3 Å². The smallest absolute Gasteiger partial charge is 0.0973 e. The van der Waals surface area contributed by atoms with Crippen LogP contribution in [0.3, 0.4) is 0 Å². The summed E-state index contributed by atoms with van der Waals surface area (Å²) in [5.41, 5.74) is 21.2. The second-order valence-corrected chi connectivity index (χ2v) is 18.5. The van der Waals surface area contributed by atoms with Gasteiger partial charge in [0, 0.05) is 33.4 Å². The third-order valence-electron chi connectivity index (χ3n) is 15.5. The minimum absolute atomic E-state index is 0.128. The summed E-state index contributed by atoms with van der Waals surface area (Å²) in [6.45, 7) is 0. The molecule has 0 aliphatic heterocycles. The van der Waals surface area contributed by atoms with Gasteiger partial charge in [-0.25, -0.2) is 9.97 Å². The van der Waals surface area contributed by atoms with Crippen molar-refractivity contribution in [3.05, 3.63) is 186 Å². The van der Waals surface area contributed by atoms with Crippen molar-refractivity contribution in [1.29, 1.82) is 0 Å². The Balaban J connectivity index is 0.975. The van der Waals surface area contributed by atoms with E-state index in [9.17, 15) is 0 Å². The molecule has 2 saturated carbocycles. The molecule has 294 valence electrons. The molecule has 6 aliphatic carbocycles. The van der Waals surface area contributed by atoms with E-state index < -0.39 is 0 Å². The van der Waals surface area contributed by atoms with Crippen LogP contribution in [0.5, 0.6) is 0 Å². The zero-order chi connectivity index (χ0) is 39.7. The number of hydrogen-bond acceptors (Lipinski definition) is 2. The maximum absolute atomic E-state index is 5.55. The zero-order valence-corrected chi connectivity index (χ0v) is 34.5. The van der Waals surface area contributed by atoms with Gasteiger partial charge < -0.3 is 0 Å². The van der Waals surface area contributed by atoms with E-state index in [4.69, 9.17) is 9.97 Å². The van der Waals surface area contributed by atoms with Crippen LogP contribution in [0.15, 0.2) is 158 Å². The molecule has 0 N–H and O–H groups in total. The number of fused-ring (bicyclic) bond motifs is 10. The van der Waals surface area contributed by atoms with Crippen molar-refractivity contribution < 1.29 is 0 Å². The normalized spacial score (nSPS) is 21.4. The van der Waals surface area contributed by atoms with Gasteiger partial charge in [0.1, 0.15) is 0 Å². The molecule has 2 heteroatoms. The predicted molar refractivity (Wildman–Crippen MR) is 249 cm³/mol. The minimum Gasteiger partial charge on any atom is -0.248 e. The second-order valence-electron chi connectivity index (χ2n) is 18.5. The molecule has 0 radical (unpaired) electrons. The third kappa shape index (κ3) is 5.59. The van der Waals surface area contributed by atoms with Gasteiger partial charge in [-0.2, -0.15) is 0 Å². The Hall–Kier alpha value is -5.86. The molecule has 5 aromatic carbocycles. The summed E-state index contributed by atoms with van der Waals surface area (Å²) in [5, 5.41) is 0. The van der Waals surface area contributed by atoms with Gasteiger partial charge in [0.05, 0.1) is 22.8 Å². The average Bonchev–Trinajstić information content (AvgIpc) is 3.73. The Labute approximate surface area is 355 Å².